The maximum atomic E-state index is 13.8. The molecule has 33 heavy (non-hydrogen) atoms. The smallest absolute Gasteiger partial charge is 0.226 e. The van der Waals surface area contributed by atoms with Crippen LogP contribution in [0.5, 0.6) is 17.4 Å². The molecule has 0 unspecified atom stereocenters. The van der Waals surface area contributed by atoms with E-state index in [4.69, 9.17) is 9.47 Å². The minimum atomic E-state index is -0.400. The fourth-order valence-electron chi connectivity index (χ4n) is 3.46. The molecule has 6 nitrogen and oxygen atoms in total. The van der Waals surface area contributed by atoms with Crippen molar-refractivity contribution in [3.8, 4) is 23.1 Å². The van der Waals surface area contributed by atoms with Gasteiger partial charge in [-0.2, -0.15) is 5.10 Å². The molecular formula is C26H24FN3O3. The zero-order valence-corrected chi connectivity index (χ0v) is 18.4. The second kappa shape index (κ2) is 9.99. The third-order valence-corrected chi connectivity index (χ3v) is 5.12. The van der Waals surface area contributed by atoms with Crippen molar-refractivity contribution in [2.24, 2.45) is 0 Å². The van der Waals surface area contributed by atoms with Crippen LogP contribution >= 0.6 is 0 Å². The van der Waals surface area contributed by atoms with E-state index in [1.165, 1.54) is 12.1 Å². The zero-order valence-electron chi connectivity index (χ0n) is 18.4. The van der Waals surface area contributed by atoms with E-state index >= 15 is 0 Å². The van der Waals surface area contributed by atoms with E-state index in [9.17, 15) is 9.18 Å². The Kier molecular flexibility index (Phi) is 6.69. The summed E-state index contributed by atoms with van der Waals surface area (Å²) in [7, 11) is 1.60. The van der Waals surface area contributed by atoms with E-state index in [-0.39, 0.29) is 12.3 Å². The molecule has 0 fully saturated rings. The predicted molar refractivity (Wildman–Crippen MR) is 125 cm³/mol. The lowest BCUT2D eigenvalue weighted by molar-refractivity contribution is -0.116. The first kappa shape index (κ1) is 22.1. The van der Waals surface area contributed by atoms with Gasteiger partial charge in [0.25, 0.3) is 0 Å². The van der Waals surface area contributed by atoms with Gasteiger partial charge in [0.2, 0.25) is 11.8 Å². The summed E-state index contributed by atoms with van der Waals surface area (Å²) < 4.78 is 26.8. The van der Waals surface area contributed by atoms with Gasteiger partial charge in [0.05, 0.1) is 18.5 Å². The van der Waals surface area contributed by atoms with Crippen LogP contribution in [0, 0.1) is 12.7 Å². The number of carbonyl (C=O) groups is 1. The van der Waals surface area contributed by atoms with Gasteiger partial charge in [-0.1, -0.05) is 24.3 Å². The Morgan fingerprint density at radius 3 is 2.45 bits per heavy atom. The van der Waals surface area contributed by atoms with Crippen molar-refractivity contribution in [3.05, 3.63) is 95.9 Å². The van der Waals surface area contributed by atoms with Crippen LogP contribution in [0.15, 0.2) is 78.9 Å². The number of ether oxygens (including phenoxy) is 2. The number of aryl methyl sites for hydroxylation is 1. The molecular weight excluding hydrogens is 421 g/mol. The van der Waals surface area contributed by atoms with E-state index in [0.717, 1.165) is 22.6 Å². The largest absolute Gasteiger partial charge is 0.497 e. The van der Waals surface area contributed by atoms with E-state index in [1.54, 1.807) is 23.9 Å². The van der Waals surface area contributed by atoms with Crippen LogP contribution in [0.25, 0.3) is 5.69 Å². The molecule has 0 spiro atoms. The van der Waals surface area contributed by atoms with Gasteiger partial charge in [-0.05, 0) is 61.9 Å². The summed E-state index contributed by atoms with van der Waals surface area (Å²) in [6, 6.07) is 22.6. The molecule has 1 aromatic heterocycles. The summed E-state index contributed by atoms with van der Waals surface area (Å²) in [5.41, 5.74) is 3.00. The molecule has 4 aromatic rings. The number of amides is 1. The number of para-hydroxylation sites is 1. The molecule has 0 bridgehead atoms. The van der Waals surface area contributed by atoms with Gasteiger partial charge < -0.3 is 14.8 Å². The molecule has 1 N–H and O–H groups in total. The normalized spacial score (nSPS) is 10.6. The molecule has 0 saturated heterocycles. The summed E-state index contributed by atoms with van der Waals surface area (Å²) >= 11 is 0. The number of carbonyl (C=O) groups excluding carboxylic acids is 1. The summed E-state index contributed by atoms with van der Waals surface area (Å²) in [6.45, 7) is 1.86. The number of methoxy groups -OCH3 is 1. The van der Waals surface area contributed by atoms with Crippen LogP contribution < -0.4 is 14.8 Å². The number of nitrogens with one attached hydrogen (secondary N) is 1. The number of anilines is 1. The number of rotatable bonds is 8. The number of hydrogen-bond donors (Lipinski definition) is 1. The third-order valence-electron chi connectivity index (χ3n) is 5.12. The molecule has 7 heteroatoms. The van der Waals surface area contributed by atoms with Crippen LogP contribution in [-0.2, 0) is 11.2 Å². The monoisotopic (exact) mass is 445 g/mol. The summed E-state index contributed by atoms with van der Waals surface area (Å²) in [6.07, 6.45) is 0.648. The Morgan fingerprint density at radius 1 is 1.00 bits per heavy atom. The summed E-state index contributed by atoms with van der Waals surface area (Å²) in [5.74, 6) is 0.987. The maximum Gasteiger partial charge on any atom is 0.226 e. The molecule has 0 saturated carbocycles. The molecule has 1 amide bonds. The zero-order chi connectivity index (χ0) is 23.2. The average Bonchev–Trinajstić information content (AvgIpc) is 3.13. The highest BCUT2D eigenvalue weighted by atomic mass is 19.1. The van der Waals surface area contributed by atoms with Crippen LogP contribution in [0.1, 0.15) is 17.7 Å². The van der Waals surface area contributed by atoms with Crippen LogP contribution in [0.4, 0.5) is 10.1 Å². The highest BCUT2D eigenvalue weighted by Crippen LogP contribution is 2.32. The summed E-state index contributed by atoms with van der Waals surface area (Å²) in [5, 5.41) is 7.53. The van der Waals surface area contributed by atoms with Crippen molar-refractivity contribution in [3.63, 3.8) is 0 Å². The molecule has 0 radical (unpaired) electrons. The van der Waals surface area contributed by atoms with Gasteiger partial charge in [-0.25, -0.2) is 9.07 Å². The molecule has 1 heterocycles. The first-order valence-electron chi connectivity index (χ1n) is 10.5. The van der Waals surface area contributed by atoms with Gasteiger partial charge in [-0.15, -0.1) is 0 Å². The standard InChI is InChI=1S/C26H24FN3O3/c1-18-24(15-16-25(31)28-20-8-4-3-5-9-20)26(33-23-10-6-7-19(27)17-23)30(29-18)21-11-13-22(32-2)14-12-21/h3-14,17H,15-16H2,1-2H3,(H,28,31). The van der Waals surface area contributed by atoms with Crippen molar-refractivity contribution < 1.29 is 18.7 Å². The number of halogens is 1. The van der Waals surface area contributed by atoms with Gasteiger partial charge >= 0.3 is 0 Å². The fourth-order valence-corrected chi connectivity index (χ4v) is 3.46. The number of benzene rings is 3. The first-order valence-corrected chi connectivity index (χ1v) is 10.5. The molecule has 0 aliphatic carbocycles. The third kappa shape index (κ3) is 5.38. The van der Waals surface area contributed by atoms with Crippen molar-refractivity contribution in [2.45, 2.75) is 19.8 Å². The molecule has 168 valence electrons. The Balaban J connectivity index is 1.63. The Morgan fingerprint density at radius 2 is 1.76 bits per heavy atom. The predicted octanol–water partition coefficient (Wildman–Crippen LogP) is 5.69. The van der Waals surface area contributed by atoms with Crippen molar-refractivity contribution >= 4 is 11.6 Å². The van der Waals surface area contributed by atoms with Crippen LogP contribution in [0.3, 0.4) is 0 Å². The minimum absolute atomic E-state index is 0.116. The van der Waals surface area contributed by atoms with Crippen LogP contribution in [-0.4, -0.2) is 22.8 Å². The average molecular weight is 445 g/mol. The fraction of sp³-hybridized carbons (Fsp3) is 0.154. The molecule has 0 aliphatic heterocycles. The second-order valence-corrected chi connectivity index (χ2v) is 7.45. The highest BCUT2D eigenvalue weighted by molar-refractivity contribution is 5.90. The minimum Gasteiger partial charge on any atom is -0.497 e. The van der Waals surface area contributed by atoms with Crippen LogP contribution in [0.2, 0.25) is 0 Å². The lowest BCUT2D eigenvalue weighted by Crippen LogP contribution is -2.12. The first-order chi connectivity index (χ1) is 16.0. The van der Waals surface area contributed by atoms with E-state index in [1.807, 2.05) is 61.5 Å². The molecule has 3 aromatic carbocycles. The quantitative estimate of drug-likeness (QED) is 0.378. The highest BCUT2D eigenvalue weighted by Gasteiger charge is 2.20. The maximum absolute atomic E-state index is 13.8. The lowest BCUT2D eigenvalue weighted by Gasteiger charge is -2.12. The van der Waals surface area contributed by atoms with Gasteiger partial charge in [0.15, 0.2) is 0 Å². The SMILES string of the molecule is COc1ccc(-n2nc(C)c(CCC(=O)Nc3ccccc3)c2Oc2cccc(F)c2)cc1. The van der Waals surface area contributed by atoms with Crippen molar-refractivity contribution in [1.29, 1.82) is 0 Å². The second-order valence-electron chi connectivity index (χ2n) is 7.45. The Hall–Kier alpha value is -4.13. The molecule has 4 rings (SSSR count). The van der Waals surface area contributed by atoms with E-state index in [2.05, 4.69) is 10.4 Å². The van der Waals surface area contributed by atoms with Gasteiger partial charge in [-0.3, -0.25) is 4.79 Å². The van der Waals surface area contributed by atoms with Crippen molar-refractivity contribution in [2.75, 3.05) is 12.4 Å². The summed E-state index contributed by atoms with van der Waals surface area (Å²) in [4.78, 5) is 12.5. The Labute approximate surface area is 191 Å². The van der Waals surface area contributed by atoms with E-state index < -0.39 is 5.82 Å². The van der Waals surface area contributed by atoms with Gasteiger partial charge in [0.1, 0.15) is 17.3 Å². The lowest BCUT2D eigenvalue weighted by atomic mass is 10.1. The van der Waals surface area contributed by atoms with Gasteiger partial charge in [0, 0.05) is 23.7 Å². The van der Waals surface area contributed by atoms with E-state index in [0.29, 0.717) is 23.8 Å². The molecule has 0 atom stereocenters. The Bertz CT molecular complexity index is 1240. The topological polar surface area (TPSA) is 65.4 Å². The number of aromatic nitrogens is 2. The number of nitrogens with zero attached hydrogens (tertiary/aromatic N) is 2. The molecule has 0 aliphatic rings. The number of hydrogen-bond acceptors (Lipinski definition) is 4. The van der Waals surface area contributed by atoms with Crippen molar-refractivity contribution in [1.82, 2.24) is 9.78 Å².